The average molecular weight is 257 g/mol. The van der Waals surface area contributed by atoms with Crippen LogP contribution in [0.5, 0.6) is 0 Å². The molecule has 1 aliphatic heterocycles. The van der Waals surface area contributed by atoms with E-state index in [1.165, 1.54) is 5.56 Å². The zero-order valence-electron chi connectivity index (χ0n) is 11.2. The van der Waals surface area contributed by atoms with Crippen LogP contribution in [0.15, 0.2) is 34.9 Å². The predicted octanol–water partition coefficient (Wildman–Crippen LogP) is 2.31. The third-order valence-corrected chi connectivity index (χ3v) is 3.58. The predicted molar refractivity (Wildman–Crippen MR) is 76.4 cm³/mol. The van der Waals surface area contributed by atoms with E-state index in [1.54, 1.807) is 0 Å². The molecule has 100 valence electrons. The Labute approximate surface area is 113 Å². The van der Waals surface area contributed by atoms with Crippen LogP contribution in [0.25, 0.3) is 11.3 Å². The Kier molecular flexibility index (Phi) is 3.51. The zero-order valence-corrected chi connectivity index (χ0v) is 11.2. The van der Waals surface area contributed by atoms with Crippen molar-refractivity contribution in [1.82, 2.24) is 10.5 Å². The van der Waals surface area contributed by atoms with Crippen LogP contribution in [-0.2, 0) is 6.42 Å². The van der Waals surface area contributed by atoms with Gasteiger partial charge in [-0.25, -0.2) is 0 Å². The molecule has 4 heteroatoms. The summed E-state index contributed by atoms with van der Waals surface area (Å²) in [6.07, 6.45) is 1.06. The summed E-state index contributed by atoms with van der Waals surface area (Å²) in [5.74, 6) is 0.871. The lowest BCUT2D eigenvalue weighted by Gasteiger charge is -2.25. The van der Waals surface area contributed by atoms with Crippen molar-refractivity contribution >= 4 is 5.88 Å². The molecule has 1 aromatic heterocycles. The highest BCUT2D eigenvalue weighted by atomic mass is 16.5. The van der Waals surface area contributed by atoms with Gasteiger partial charge >= 0.3 is 0 Å². The maximum Gasteiger partial charge on any atom is 0.227 e. The van der Waals surface area contributed by atoms with Crippen LogP contribution >= 0.6 is 0 Å². The van der Waals surface area contributed by atoms with Crippen molar-refractivity contribution < 1.29 is 4.52 Å². The van der Waals surface area contributed by atoms with E-state index in [0.29, 0.717) is 0 Å². The molecule has 4 nitrogen and oxygen atoms in total. The first-order chi connectivity index (χ1) is 9.36. The molecule has 1 N–H and O–H groups in total. The summed E-state index contributed by atoms with van der Waals surface area (Å²) in [5.41, 5.74) is 3.37. The summed E-state index contributed by atoms with van der Waals surface area (Å²) >= 11 is 0. The van der Waals surface area contributed by atoms with Crippen molar-refractivity contribution in [1.29, 1.82) is 0 Å². The highest BCUT2D eigenvalue weighted by molar-refractivity contribution is 5.62. The molecule has 1 aliphatic rings. The van der Waals surface area contributed by atoms with E-state index in [0.717, 1.165) is 49.7 Å². The van der Waals surface area contributed by atoms with E-state index in [9.17, 15) is 0 Å². The van der Waals surface area contributed by atoms with Gasteiger partial charge in [0.05, 0.1) is 0 Å². The molecule has 0 spiro atoms. The number of aryl methyl sites for hydroxylation is 1. The Bertz CT molecular complexity index is 527. The summed E-state index contributed by atoms with van der Waals surface area (Å²) in [6, 6.07) is 10.5. The topological polar surface area (TPSA) is 41.3 Å². The number of hydrogen-bond donors (Lipinski definition) is 1. The first-order valence-electron chi connectivity index (χ1n) is 6.88. The number of piperazine rings is 1. The van der Waals surface area contributed by atoms with Crippen molar-refractivity contribution in [3.8, 4) is 11.3 Å². The molecule has 19 heavy (non-hydrogen) atoms. The lowest BCUT2D eigenvalue weighted by Crippen LogP contribution is -2.43. The summed E-state index contributed by atoms with van der Waals surface area (Å²) in [5, 5.41) is 7.51. The zero-order chi connectivity index (χ0) is 13.1. The number of aromatic nitrogens is 1. The highest BCUT2D eigenvalue weighted by Crippen LogP contribution is 2.24. The van der Waals surface area contributed by atoms with Gasteiger partial charge in [0.2, 0.25) is 5.88 Å². The second kappa shape index (κ2) is 5.45. The van der Waals surface area contributed by atoms with Gasteiger partial charge in [-0.15, -0.1) is 0 Å². The lowest BCUT2D eigenvalue weighted by molar-refractivity contribution is 0.409. The van der Waals surface area contributed by atoms with Crippen LogP contribution in [0.4, 0.5) is 5.88 Å². The lowest BCUT2D eigenvalue weighted by atomic mass is 10.1. The SMILES string of the molecule is CCc1ccc(-c2cc(N3CCNCC3)on2)cc1. The Morgan fingerprint density at radius 2 is 1.95 bits per heavy atom. The van der Waals surface area contributed by atoms with Crippen LogP contribution in [0.3, 0.4) is 0 Å². The van der Waals surface area contributed by atoms with Crippen LogP contribution < -0.4 is 10.2 Å². The monoisotopic (exact) mass is 257 g/mol. The summed E-state index contributed by atoms with van der Waals surface area (Å²) in [4.78, 5) is 2.23. The van der Waals surface area contributed by atoms with Gasteiger partial charge in [0.1, 0.15) is 5.69 Å². The molecule has 0 amide bonds. The third-order valence-electron chi connectivity index (χ3n) is 3.58. The van der Waals surface area contributed by atoms with E-state index >= 15 is 0 Å². The minimum Gasteiger partial charge on any atom is -0.338 e. The molecular weight excluding hydrogens is 238 g/mol. The van der Waals surface area contributed by atoms with E-state index in [-0.39, 0.29) is 0 Å². The molecule has 0 radical (unpaired) electrons. The smallest absolute Gasteiger partial charge is 0.227 e. The van der Waals surface area contributed by atoms with Gasteiger partial charge in [-0.2, -0.15) is 0 Å². The van der Waals surface area contributed by atoms with Crippen LogP contribution in [0.1, 0.15) is 12.5 Å². The van der Waals surface area contributed by atoms with Crippen molar-refractivity contribution in [3.63, 3.8) is 0 Å². The standard InChI is InChI=1S/C15H19N3O/c1-2-12-3-5-13(6-4-12)14-11-15(19-17-14)18-9-7-16-8-10-18/h3-6,11,16H,2,7-10H2,1H3. The molecule has 0 saturated carbocycles. The molecule has 0 atom stereocenters. The quantitative estimate of drug-likeness (QED) is 0.916. The summed E-state index contributed by atoms with van der Waals surface area (Å²) < 4.78 is 5.46. The molecule has 3 rings (SSSR count). The van der Waals surface area contributed by atoms with Crippen molar-refractivity contribution in [2.45, 2.75) is 13.3 Å². The second-order valence-electron chi connectivity index (χ2n) is 4.84. The van der Waals surface area contributed by atoms with Gasteiger partial charge in [-0.1, -0.05) is 36.3 Å². The fourth-order valence-corrected chi connectivity index (χ4v) is 2.35. The minimum absolute atomic E-state index is 0.871. The molecule has 2 heterocycles. The van der Waals surface area contributed by atoms with E-state index in [4.69, 9.17) is 4.52 Å². The normalized spacial score (nSPS) is 15.7. The van der Waals surface area contributed by atoms with Crippen molar-refractivity contribution in [2.24, 2.45) is 0 Å². The number of nitrogens with zero attached hydrogens (tertiary/aromatic N) is 2. The molecule has 0 unspecified atom stereocenters. The fourth-order valence-electron chi connectivity index (χ4n) is 2.35. The van der Waals surface area contributed by atoms with Gasteiger partial charge in [-0.05, 0) is 12.0 Å². The third kappa shape index (κ3) is 2.63. The molecule has 1 saturated heterocycles. The second-order valence-corrected chi connectivity index (χ2v) is 4.84. The fraction of sp³-hybridized carbons (Fsp3) is 0.400. The van der Waals surface area contributed by atoms with Gasteiger partial charge in [-0.3, -0.25) is 0 Å². The minimum atomic E-state index is 0.871. The van der Waals surface area contributed by atoms with Gasteiger partial charge in [0, 0.05) is 37.8 Å². The van der Waals surface area contributed by atoms with Gasteiger partial charge < -0.3 is 14.7 Å². The Hall–Kier alpha value is -1.81. The first kappa shape index (κ1) is 12.2. The number of anilines is 1. The molecule has 1 aromatic carbocycles. The highest BCUT2D eigenvalue weighted by Gasteiger charge is 2.15. The summed E-state index contributed by atoms with van der Waals surface area (Å²) in [7, 11) is 0. The number of hydrogen-bond acceptors (Lipinski definition) is 4. The summed E-state index contributed by atoms with van der Waals surface area (Å²) in [6.45, 7) is 6.11. The Balaban J connectivity index is 1.79. The number of rotatable bonds is 3. The van der Waals surface area contributed by atoms with Crippen LogP contribution in [-0.4, -0.2) is 31.3 Å². The van der Waals surface area contributed by atoms with E-state index in [1.807, 2.05) is 6.07 Å². The first-order valence-corrected chi connectivity index (χ1v) is 6.88. The average Bonchev–Trinajstić information content (AvgIpc) is 2.98. The van der Waals surface area contributed by atoms with Crippen LogP contribution in [0.2, 0.25) is 0 Å². The van der Waals surface area contributed by atoms with E-state index in [2.05, 4.69) is 46.6 Å². The number of benzene rings is 1. The maximum atomic E-state index is 5.46. The van der Waals surface area contributed by atoms with Crippen molar-refractivity contribution in [2.75, 3.05) is 31.1 Å². The van der Waals surface area contributed by atoms with Gasteiger partial charge in [0.25, 0.3) is 0 Å². The Morgan fingerprint density at radius 1 is 1.21 bits per heavy atom. The molecule has 1 fully saturated rings. The number of nitrogens with one attached hydrogen (secondary N) is 1. The van der Waals surface area contributed by atoms with E-state index < -0.39 is 0 Å². The molecule has 0 bridgehead atoms. The molecular formula is C15H19N3O. The Morgan fingerprint density at radius 3 is 2.63 bits per heavy atom. The van der Waals surface area contributed by atoms with Gasteiger partial charge in [0.15, 0.2) is 0 Å². The maximum absolute atomic E-state index is 5.46. The van der Waals surface area contributed by atoms with Crippen LogP contribution in [0, 0.1) is 0 Å². The van der Waals surface area contributed by atoms with Crippen molar-refractivity contribution in [3.05, 3.63) is 35.9 Å². The largest absolute Gasteiger partial charge is 0.338 e. The molecule has 0 aliphatic carbocycles. The molecule has 2 aromatic rings.